The molecule has 2 atom stereocenters. The molecule has 0 unspecified atom stereocenters. The predicted molar refractivity (Wildman–Crippen MR) is 96.2 cm³/mol. The van der Waals surface area contributed by atoms with Gasteiger partial charge in [0.1, 0.15) is 0 Å². The minimum Gasteiger partial charge on any atom is -0.245 e. The number of hydrogen-bond acceptors (Lipinski definition) is 2. The normalized spacial score (nSPS) is 24.6. The standard InChI is InChI=1S/C20H21N3O2/c24-19-21(15-7-2-1-3-8-15)20(25)23-18-13-12-16(22(19)23)11-10-14-6-4-5-9-17(14)18/h1-3,7-8,12-13,16,18H,4-6,9-11H2/t16-,18+/m0/s1. The van der Waals surface area contributed by atoms with Crippen LogP contribution in [0.4, 0.5) is 0 Å². The van der Waals surface area contributed by atoms with Crippen LogP contribution in [0.5, 0.6) is 0 Å². The number of hydrogen-bond donors (Lipinski definition) is 0. The molecule has 25 heavy (non-hydrogen) atoms. The van der Waals surface area contributed by atoms with Crippen LogP contribution in [0.3, 0.4) is 0 Å². The van der Waals surface area contributed by atoms with Crippen LogP contribution in [0.2, 0.25) is 0 Å². The van der Waals surface area contributed by atoms with E-state index in [4.69, 9.17) is 0 Å². The molecule has 0 saturated carbocycles. The molecule has 1 aromatic carbocycles. The van der Waals surface area contributed by atoms with Crippen molar-refractivity contribution in [2.24, 2.45) is 0 Å². The van der Waals surface area contributed by atoms with Crippen molar-refractivity contribution in [2.45, 2.75) is 50.6 Å². The van der Waals surface area contributed by atoms with Crippen molar-refractivity contribution in [3.8, 4) is 5.69 Å². The molecule has 1 aromatic heterocycles. The van der Waals surface area contributed by atoms with E-state index in [2.05, 4.69) is 12.2 Å². The fourth-order valence-corrected chi connectivity index (χ4v) is 4.66. The maximum Gasteiger partial charge on any atom is 0.352 e. The van der Waals surface area contributed by atoms with Crippen LogP contribution in [0.1, 0.15) is 50.6 Å². The molecule has 0 saturated heterocycles. The van der Waals surface area contributed by atoms with Crippen molar-refractivity contribution in [3.05, 3.63) is 74.6 Å². The molecule has 6 rings (SSSR count). The van der Waals surface area contributed by atoms with Gasteiger partial charge >= 0.3 is 11.4 Å². The van der Waals surface area contributed by atoms with E-state index in [9.17, 15) is 9.59 Å². The highest BCUT2D eigenvalue weighted by Crippen LogP contribution is 2.40. The van der Waals surface area contributed by atoms with Gasteiger partial charge in [0, 0.05) is 0 Å². The number of fused-ring (bicyclic) bond motifs is 1. The van der Waals surface area contributed by atoms with Gasteiger partial charge in [-0.2, -0.15) is 0 Å². The Labute approximate surface area is 145 Å². The second-order valence-corrected chi connectivity index (χ2v) is 7.20. The van der Waals surface area contributed by atoms with Crippen molar-refractivity contribution in [2.75, 3.05) is 0 Å². The summed E-state index contributed by atoms with van der Waals surface area (Å²) in [7, 11) is 0. The van der Waals surface area contributed by atoms with Crippen LogP contribution in [-0.4, -0.2) is 13.9 Å². The van der Waals surface area contributed by atoms with Gasteiger partial charge in [0.25, 0.3) is 0 Å². The third-order valence-electron chi connectivity index (χ3n) is 5.84. The van der Waals surface area contributed by atoms with Gasteiger partial charge in [0.2, 0.25) is 0 Å². The summed E-state index contributed by atoms with van der Waals surface area (Å²) >= 11 is 0. The molecular formula is C20H21N3O2. The van der Waals surface area contributed by atoms with Gasteiger partial charge in [0.05, 0.1) is 17.8 Å². The van der Waals surface area contributed by atoms with Gasteiger partial charge in [-0.1, -0.05) is 35.9 Å². The lowest BCUT2D eigenvalue weighted by molar-refractivity contribution is 0.332. The summed E-state index contributed by atoms with van der Waals surface area (Å²) in [5.41, 5.74) is 3.07. The Morgan fingerprint density at radius 2 is 1.60 bits per heavy atom. The zero-order valence-electron chi connectivity index (χ0n) is 14.1. The number of aromatic nitrogens is 3. The lowest BCUT2D eigenvalue weighted by Crippen LogP contribution is -2.37. The molecule has 5 nitrogen and oxygen atoms in total. The smallest absolute Gasteiger partial charge is 0.245 e. The zero-order chi connectivity index (χ0) is 17.0. The molecule has 128 valence electrons. The molecule has 0 amide bonds. The second-order valence-electron chi connectivity index (χ2n) is 7.20. The van der Waals surface area contributed by atoms with Crippen LogP contribution < -0.4 is 11.4 Å². The van der Waals surface area contributed by atoms with Gasteiger partial charge in [-0.15, -0.1) is 0 Å². The Bertz CT molecular complexity index is 1000. The molecule has 5 heteroatoms. The number of benzene rings is 1. The van der Waals surface area contributed by atoms with Crippen LogP contribution >= 0.6 is 0 Å². The van der Waals surface area contributed by atoms with E-state index < -0.39 is 0 Å². The average molecular weight is 335 g/mol. The molecule has 2 aromatic rings. The van der Waals surface area contributed by atoms with E-state index in [1.807, 2.05) is 30.3 Å². The third kappa shape index (κ3) is 2.08. The fraction of sp³-hybridized carbons (Fsp3) is 0.400. The molecule has 2 aliphatic carbocycles. The summed E-state index contributed by atoms with van der Waals surface area (Å²) < 4.78 is 4.72. The van der Waals surface area contributed by atoms with Crippen LogP contribution in [0.15, 0.2) is 63.2 Å². The van der Waals surface area contributed by atoms with E-state index >= 15 is 0 Å². The van der Waals surface area contributed by atoms with Gasteiger partial charge in [0.15, 0.2) is 0 Å². The zero-order valence-corrected chi connectivity index (χ0v) is 14.1. The van der Waals surface area contributed by atoms with Gasteiger partial charge in [-0.25, -0.2) is 23.5 Å². The lowest BCUT2D eigenvalue weighted by atomic mass is 9.82. The summed E-state index contributed by atoms with van der Waals surface area (Å²) in [6.45, 7) is 0. The molecule has 0 radical (unpaired) electrons. The van der Waals surface area contributed by atoms with Gasteiger partial charge in [-0.3, -0.25) is 0 Å². The fourth-order valence-electron chi connectivity index (χ4n) is 4.66. The highest BCUT2D eigenvalue weighted by atomic mass is 16.2. The summed E-state index contributed by atoms with van der Waals surface area (Å²) in [4.78, 5) is 26.3. The van der Waals surface area contributed by atoms with E-state index in [0.717, 1.165) is 25.7 Å². The number of para-hydroxylation sites is 1. The first-order valence-corrected chi connectivity index (χ1v) is 9.16. The first-order valence-electron chi connectivity index (χ1n) is 9.16. The first kappa shape index (κ1) is 14.8. The van der Waals surface area contributed by atoms with Crippen molar-refractivity contribution in [1.29, 1.82) is 0 Å². The van der Waals surface area contributed by atoms with Crippen LogP contribution in [-0.2, 0) is 0 Å². The Morgan fingerprint density at radius 1 is 0.840 bits per heavy atom. The predicted octanol–water partition coefficient (Wildman–Crippen LogP) is 3.12. The van der Waals surface area contributed by atoms with Gasteiger partial charge in [-0.05, 0) is 56.2 Å². The first-order chi connectivity index (χ1) is 12.3. The SMILES string of the molecule is O=c1n(-c2ccccc2)c(=O)n2n1[C@@H]1C=C[C@@H]2C2=C(CCCC2)CC1. The lowest BCUT2D eigenvalue weighted by Gasteiger charge is -2.35. The largest absolute Gasteiger partial charge is 0.352 e. The maximum atomic E-state index is 13.2. The van der Waals surface area contributed by atoms with E-state index in [1.54, 1.807) is 9.36 Å². The number of nitrogens with zero attached hydrogens (tertiary/aromatic N) is 3. The van der Waals surface area contributed by atoms with Crippen molar-refractivity contribution in [1.82, 2.24) is 13.9 Å². The quantitative estimate of drug-likeness (QED) is 0.752. The van der Waals surface area contributed by atoms with E-state index in [-0.39, 0.29) is 23.5 Å². The topological polar surface area (TPSA) is 48.9 Å². The van der Waals surface area contributed by atoms with Crippen molar-refractivity contribution >= 4 is 0 Å². The van der Waals surface area contributed by atoms with Crippen LogP contribution in [0, 0.1) is 0 Å². The van der Waals surface area contributed by atoms with Crippen molar-refractivity contribution < 1.29 is 0 Å². The third-order valence-corrected chi connectivity index (χ3v) is 5.84. The number of allylic oxidation sites excluding steroid dienone is 4. The second kappa shape index (κ2) is 5.48. The molecule has 2 aliphatic heterocycles. The van der Waals surface area contributed by atoms with E-state index in [0.29, 0.717) is 5.69 Å². The Hall–Kier alpha value is -2.56. The summed E-state index contributed by atoms with van der Waals surface area (Å²) in [6, 6.07) is 9.11. The summed E-state index contributed by atoms with van der Waals surface area (Å²) in [5, 5.41) is 0. The molecule has 2 bridgehead atoms. The average Bonchev–Trinajstić information content (AvgIpc) is 2.89. The van der Waals surface area contributed by atoms with Gasteiger partial charge < -0.3 is 0 Å². The van der Waals surface area contributed by atoms with E-state index in [1.165, 1.54) is 28.6 Å². The highest BCUT2D eigenvalue weighted by molar-refractivity contribution is 5.33. The Kier molecular flexibility index (Phi) is 3.23. The molecule has 0 N–H and O–H groups in total. The monoisotopic (exact) mass is 335 g/mol. The van der Waals surface area contributed by atoms with Crippen molar-refractivity contribution in [3.63, 3.8) is 0 Å². The summed E-state index contributed by atoms with van der Waals surface area (Å²) in [5.74, 6) is 0. The molecule has 3 heterocycles. The highest BCUT2D eigenvalue weighted by Gasteiger charge is 2.34. The molecular weight excluding hydrogens is 314 g/mol. The summed E-state index contributed by atoms with van der Waals surface area (Å²) in [6.07, 6.45) is 10.8. The molecule has 0 fully saturated rings. The minimum absolute atomic E-state index is 0.0302. The molecule has 0 spiro atoms. The maximum absolute atomic E-state index is 13.2. The van der Waals surface area contributed by atoms with Crippen LogP contribution in [0.25, 0.3) is 5.69 Å². The number of rotatable bonds is 1. The molecule has 4 aliphatic rings. The Balaban J connectivity index is 1.78. The Morgan fingerprint density at radius 3 is 2.44 bits per heavy atom. The minimum atomic E-state index is -0.227.